The average Bonchev–Trinajstić information content (AvgIpc) is 2.84. The lowest BCUT2D eigenvalue weighted by Gasteiger charge is -2.22. The summed E-state index contributed by atoms with van der Waals surface area (Å²) in [5.74, 6) is 0.458. The van der Waals surface area contributed by atoms with E-state index in [0.29, 0.717) is 23.0 Å². The van der Waals surface area contributed by atoms with Crippen LogP contribution in [0.5, 0.6) is 0 Å². The Balaban J connectivity index is 0.00000264. The van der Waals surface area contributed by atoms with Crippen LogP contribution in [0.3, 0.4) is 0 Å². The molecule has 126 valence electrons. The highest BCUT2D eigenvalue weighted by molar-refractivity contribution is 8.93. The fraction of sp³-hybridized carbons (Fsp3) is 0.400. The summed E-state index contributed by atoms with van der Waals surface area (Å²) in [4.78, 5) is 28.1. The molecular weight excluding hydrogens is 382 g/mol. The molecule has 0 spiro atoms. The first-order valence-corrected chi connectivity index (χ1v) is 7.97. The largest absolute Gasteiger partial charge is 0.387 e. The Labute approximate surface area is 150 Å². The van der Waals surface area contributed by atoms with Gasteiger partial charge in [-0.1, -0.05) is 23.9 Å². The molecule has 0 saturated carbocycles. The van der Waals surface area contributed by atoms with Crippen molar-refractivity contribution in [2.75, 3.05) is 24.2 Å². The Kier molecular flexibility index (Phi) is 7.74. The van der Waals surface area contributed by atoms with E-state index in [-0.39, 0.29) is 28.8 Å². The summed E-state index contributed by atoms with van der Waals surface area (Å²) >= 11 is 1.51. The van der Waals surface area contributed by atoms with Crippen molar-refractivity contribution in [3.05, 3.63) is 29.8 Å². The SMILES string of the molecule is Br.CC(=O)N=C1SCCN1CC(O)c1cccc(NC(C)=O)c1. The van der Waals surface area contributed by atoms with Gasteiger partial charge >= 0.3 is 0 Å². The van der Waals surface area contributed by atoms with Crippen molar-refractivity contribution >= 4 is 51.4 Å². The van der Waals surface area contributed by atoms with Crippen LogP contribution < -0.4 is 5.32 Å². The van der Waals surface area contributed by atoms with Gasteiger partial charge in [-0.15, -0.1) is 17.0 Å². The number of carbonyl (C=O) groups excluding carboxylic acids is 2. The maximum atomic E-state index is 11.1. The van der Waals surface area contributed by atoms with Crippen molar-refractivity contribution in [1.82, 2.24) is 4.90 Å². The van der Waals surface area contributed by atoms with Crippen LogP contribution in [0.2, 0.25) is 0 Å². The molecule has 1 aliphatic rings. The Morgan fingerprint density at radius 2 is 2.17 bits per heavy atom. The van der Waals surface area contributed by atoms with Gasteiger partial charge < -0.3 is 15.3 Å². The maximum absolute atomic E-state index is 11.1. The molecule has 2 rings (SSSR count). The highest BCUT2D eigenvalue weighted by Gasteiger charge is 2.23. The van der Waals surface area contributed by atoms with E-state index in [2.05, 4.69) is 10.3 Å². The number of amidine groups is 1. The Bertz CT molecular complexity index is 609. The molecule has 1 aromatic carbocycles. The van der Waals surface area contributed by atoms with E-state index < -0.39 is 6.10 Å². The number of nitrogens with one attached hydrogen (secondary N) is 1. The first-order chi connectivity index (χ1) is 10.5. The van der Waals surface area contributed by atoms with Gasteiger partial charge in [0.25, 0.3) is 0 Å². The minimum atomic E-state index is -0.718. The summed E-state index contributed by atoms with van der Waals surface area (Å²) in [5.41, 5.74) is 1.36. The zero-order chi connectivity index (χ0) is 16.1. The number of benzene rings is 1. The lowest BCUT2D eigenvalue weighted by atomic mass is 10.1. The van der Waals surface area contributed by atoms with Crippen molar-refractivity contribution in [1.29, 1.82) is 0 Å². The van der Waals surface area contributed by atoms with E-state index in [1.807, 2.05) is 4.90 Å². The lowest BCUT2D eigenvalue weighted by molar-refractivity contribution is -0.116. The van der Waals surface area contributed by atoms with Gasteiger partial charge in [-0.2, -0.15) is 4.99 Å². The molecule has 0 aliphatic carbocycles. The molecule has 1 fully saturated rings. The topological polar surface area (TPSA) is 82.0 Å². The molecule has 6 nitrogen and oxygen atoms in total. The molecule has 1 unspecified atom stereocenters. The fourth-order valence-electron chi connectivity index (χ4n) is 2.18. The van der Waals surface area contributed by atoms with Crippen LogP contribution in [0.1, 0.15) is 25.5 Å². The lowest BCUT2D eigenvalue weighted by Crippen LogP contribution is -2.30. The van der Waals surface area contributed by atoms with Crippen LogP contribution in [0.15, 0.2) is 29.3 Å². The number of amides is 2. The third-order valence-corrected chi connectivity index (χ3v) is 4.10. The number of nitrogens with zero attached hydrogens (tertiary/aromatic N) is 2. The fourth-order valence-corrected chi connectivity index (χ4v) is 3.22. The van der Waals surface area contributed by atoms with E-state index in [1.165, 1.54) is 25.6 Å². The van der Waals surface area contributed by atoms with E-state index in [4.69, 9.17) is 0 Å². The molecule has 0 radical (unpaired) electrons. The minimum absolute atomic E-state index is 0. The van der Waals surface area contributed by atoms with E-state index in [0.717, 1.165) is 12.3 Å². The van der Waals surface area contributed by atoms with Crippen LogP contribution in [-0.4, -0.2) is 45.8 Å². The molecule has 1 atom stereocenters. The Morgan fingerprint density at radius 1 is 1.43 bits per heavy atom. The van der Waals surface area contributed by atoms with Gasteiger partial charge in [0.05, 0.1) is 12.6 Å². The van der Waals surface area contributed by atoms with E-state index in [9.17, 15) is 14.7 Å². The van der Waals surface area contributed by atoms with Gasteiger partial charge in [-0.3, -0.25) is 9.59 Å². The normalized spacial score (nSPS) is 16.8. The van der Waals surface area contributed by atoms with Crippen LogP contribution in [-0.2, 0) is 9.59 Å². The van der Waals surface area contributed by atoms with Crippen molar-refractivity contribution in [2.24, 2.45) is 4.99 Å². The summed E-state index contributed by atoms with van der Waals surface area (Å²) in [6.45, 7) is 3.97. The molecule has 23 heavy (non-hydrogen) atoms. The highest BCUT2D eigenvalue weighted by atomic mass is 79.9. The molecule has 2 N–H and O–H groups in total. The monoisotopic (exact) mass is 401 g/mol. The van der Waals surface area contributed by atoms with Crippen molar-refractivity contribution < 1.29 is 14.7 Å². The van der Waals surface area contributed by atoms with Crippen LogP contribution >= 0.6 is 28.7 Å². The van der Waals surface area contributed by atoms with Crippen LogP contribution in [0.25, 0.3) is 0 Å². The van der Waals surface area contributed by atoms with Crippen molar-refractivity contribution in [3.63, 3.8) is 0 Å². The Hall–Kier alpha value is -1.38. The van der Waals surface area contributed by atoms with Crippen LogP contribution in [0, 0.1) is 0 Å². The molecule has 1 aromatic rings. The van der Waals surface area contributed by atoms with Crippen molar-refractivity contribution in [3.8, 4) is 0 Å². The van der Waals surface area contributed by atoms with Gasteiger partial charge in [0, 0.05) is 31.8 Å². The average molecular weight is 402 g/mol. The number of aliphatic imine (C=N–C) groups is 1. The number of halogens is 1. The summed E-state index contributed by atoms with van der Waals surface area (Å²) in [6.07, 6.45) is -0.718. The molecule has 8 heteroatoms. The van der Waals surface area contributed by atoms with Crippen LogP contribution in [0.4, 0.5) is 5.69 Å². The van der Waals surface area contributed by atoms with Gasteiger partial charge in [-0.05, 0) is 17.7 Å². The summed E-state index contributed by atoms with van der Waals surface area (Å²) in [6, 6.07) is 7.11. The van der Waals surface area contributed by atoms with Gasteiger partial charge in [0.15, 0.2) is 5.17 Å². The summed E-state index contributed by atoms with van der Waals surface area (Å²) < 4.78 is 0. The van der Waals surface area contributed by atoms with Gasteiger partial charge in [0.1, 0.15) is 0 Å². The Morgan fingerprint density at radius 3 is 2.83 bits per heavy atom. The molecule has 1 aliphatic heterocycles. The van der Waals surface area contributed by atoms with Crippen molar-refractivity contribution in [2.45, 2.75) is 20.0 Å². The van der Waals surface area contributed by atoms with Gasteiger partial charge in [0.2, 0.25) is 11.8 Å². The zero-order valence-electron chi connectivity index (χ0n) is 13.0. The molecular formula is C15H20BrN3O3S. The molecule has 1 heterocycles. The van der Waals surface area contributed by atoms with E-state index >= 15 is 0 Å². The number of thioether (sulfide) groups is 1. The number of carbonyl (C=O) groups is 2. The smallest absolute Gasteiger partial charge is 0.244 e. The predicted octanol–water partition coefficient (Wildman–Crippen LogP) is 2.21. The first-order valence-electron chi connectivity index (χ1n) is 6.98. The molecule has 2 amide bonds. The first kappa shape index (κ1) is 19.7. The second kappa shape index (κ2) is 9.05. The number of rotatable bonds is 4. The standard InChI is InChI=1S/C15H19N3O3S.BrH/c1-10(19)16-13-5-3-4-12(8-13)14(21)9-18-6-7-22-15(18)17-11(2)20;/h3-5,8,14,21H,6-7,9H2,1-2H3,(H,16,19);1H. The molecule has 0 bridgehead atoms. The number of aliphatic hydroxyl groups is 1. The number of anilines is 1. The third kappa shape index (κ3) is 5.96. The third-order valence-electron chi connectivity index (χ3n) is 3.10. The number of aliphatic hydroxyl groups excluding tert-OH is 1. The predicted molar refractivity (Wildman–Crippen MR) is 98.2 cm³/mol. The minimum Gasteiger partial charge on any atom is -0.387 e. The van der Waals surface area contributed by atoms with E-state index in [1.54, 1.807) is 24.3 Å². The number of β-amino-alcohol motifs (C(OH)–C–C–N with tert-alkyl or cyclic N) is 1. The number of hydrogen-bond acceptors (Lipinski definition) is 4. The summed E-state index contributed by atoms with van der Waals surface area (Å²) in [5, 5.41) is 13.7. The highest BCUT2D eigenvalue weighted by Crippen LogP contribution is 2.23. The number of hydrogen-bond donors (Lipinski definition) is 2. The second-order valence-electron chi connectivity index (χ2n) is 5.03. The quantitative estimate of drug-likeness (QED) is 0.807. The molecule has 1 saturated heterocycles. The second-order valence-corrected chi connectivity index (χ2v) is 6.09. The van der Waals surface area contributed by atoms with Gasteiger partial charge in [-0.25, -0.2) is 0 Å². The maximum Gasteiger partial charge on any atom is 0.244 e. The summed E-state index contributed by atoms with van der Waals surface area (Å²) in [7, 11) is 0. The molecule has 0 aromatic heterocycles. The zero-order valence-corrected chi connectivity index (χ0v) is 15.5.